The zero-order valence-electron chi connectivity index (χ0n) is 15.9. The van der Waals surface area contributed by atoms with Gasteiger partial charge in [-0.3, -0.25) is 4.98 Å². The van der Waals surface area contributed by atoms with Gasteiger partial charge in [0.2, 0.25) is 0 Å². The quantitative estimate of drug-likeness (QED) is 0.584. The van der Waals surface area contributed by atoms with Gasteiger partial charge in [-0.2, -0.15) is 0 Å². The maximum absolute atomic E-state index is 6.33. The summed E-state index contributed by atoms with van der Waals surface area (Å²) >= 11 is 1.73. The van der Waals surface area contributed by atoms with Crippen molar-refractivity contribution in [2.45, 2.75) is 62.5 Å². The maximum atomic E-state index is 6.33. The Morgan fingerprint density at radius 1 is 1.26 bits per heavy atom. The van der Waals surface area contributed by atoms with Crippen LogP contribution >= 0.6 is 11.3 Å². The monoisotopic (exact) mass is 380 g/mol. The molecule has 1 saturated heterocycles. The third-order valence-electron chi connectivity index (χ3n) is 6.27. The fourth-order valence-corrected chi connectivity index (χ4v) is 5.68. The van der Waals surface area contributed by atoms with Crippen molar-refractivity contribution in [3.63, 3.8) is 0 Å². The highest BCUT2D eigenvalue weighted by Crippen LogP contribution is 2.49. The predicted molar refractivity (Wildman–Crippen MR) is 111 cm³/mol. The molecule has 1 saturated carbocycles. The first kappa shape index (κ1) is 18.7. The van der Waals surface area contributed by atoms with E-state index < -0.39 is 0 Å². The van der Waals surface area contributed by atoms with E-state index in [0.29, 0.717) is 0 Å². The SMILES string of the molecule is C#Cc1csc(CNCC[C@@]2(c3ccccn3)CCOC3(CCCC3)C2)c1. The van der Waals surface area contributed by atoms with Crippen molar-refractivity contribution in [2.75, 3.05) is 13.2 Å². The molecule has 3 heterocycles. The second-order valence-corrected chi connectivity index (χ2v) is 9.03. The molecule has 0 amide bonds. The molecular weight excluding hydrogens is 352 g/mol. The molecule has 4 heteroatoms. The molecule has 4 rings (SSSR count). The number of terminal acetylenes is 1. The van der Waals surface area contributed by atoms with Crippen molar-refractivity contribution in [3.8, 4) is 12.3 Å². The van der Waals surface area contributed by atoms with Crippen LogP contribution in [-0.4, -0.2) is 23.7 Å². The zero-order valence-corrected chi connectivity index (χ0v) is 16.7. The summed E-state index contributed by atoms with van der Waals surface area (Å²) in [5, 5.41) is 5.68. The molecule has 1 spiro atoms. The lowest BCUT2D eigenvalue weighted by atomic mass is 9.68. The summed E-state index contributed by atoms with van der Waals surface area (Å²) in [5.41, 5.74) is 2.43. The molecule has 1 atom stereocenters. The summed E-state index contributed by atoms with van der Waals surface area (Å²) in [4.78, 5) is 6.08. The van der Waals surface area contributed by atoms with Crippen molar-refractivity contribution in [1.82, 2.24) is 10.3 Å². The van der Waals surface area contributed by atoms with E-state index in [1.165, 1.54) is 36.3 Å². The molecule has 2 aromatic heterocycles. The highest BCUT2D eigenvalue weighted by molar-refractivity contribution is 7.10. The van der Waals surface area contributed by atoms with Crippen LogP contribution in [0.1, 0.15) is 61.1 Å². The van der Waals surface area contributed by atoms with Crippen molar-refractivity contribution < 1.29 is 4.74 Å². The molecule has 0 radical (unpaired) electrons. The molecule has 1 aliphatic carbocycles. The number of hydrogen-bond donors (Lipinski definition) is 1. The largest absolute Gasteiger partial charge is 0.375 e. The number of hydrogen-bond acceptors (Lipinski definition) is 4. The number of ether oxygens (including phenoxy) is 1. The highest BCUT2D eigenvalue weighted by Gasteiger charge is 2.48. The molecule has 0 bridgehead atoms. The summed E-state index contributed by atoms with van der Waals surface area (Å²) in [6, 6.07) is 8.46. The number of thiophene rings is 1. The number of rotatable bonds is 6. The van der Waals surface area contributed by atoms with Crippen molar-refractivity contribution in [1.29, 1.82) is 0 Å². The minimum absolute atomic E-state index is 0.0885. The molecule has 2 fully saturated rings. The lowest BCUT2D eigenvalue weighted by molar-refractivity contribution is -0.104. The van der Waals surface area contributed by atoms with Gasteiger partial charge in [0.1, 0.15) is 0 Å². The van der Waals surface area contributed by atoms with Gasteiger partial charge in [-0.15, -0.1) is 17.8 Å². The van der Waals surface area contributed by atoms with Gasteiger partial charge >= 0.3 is 0 Å². The van der Waals surface area contributed by atoms with Crippen LogP contribution in [-0.2, 0) is 16.7 Å². The Bertz CT molecular complexity index is 788. The molecular formula is C23H28N2OS. The van der Waals surface area contributed by atoms with Crippen LogP contribution in [0.15, 0.2) is 35.8 Å². The number of nitrogens with one attached hydrogen (secondary N) is 1. The van der Waals surface area contributed by atoms with Gasteiger partial charge in [-0.05, 0) is 56.8 Å². The van der Waals surface area contributed by atoms with Crippen LogP contribution in [0.5, 0.6) is 0 Å². The van der Waals surface area contributed by atoms with Gasteiger partial charge < -0.3 is 10.1 Å². The van der Waals surface area contributed by atoms with Crippen LogP contribution < -0.4 is 5.32 Å². The first-order valence-electron chi connectivity index (χ1n) is 10.0. The zero-order chi connectivity index (χ0) is 18.6. The van der Waals surface area contributed by atoms with Gasteiger partial charge in [-0.1, -0.05) is 24.8 Å². The van der Waals surface area contributed by atoms with E-state index in [4.69, 9.17) is 16.1 Å². The maximum Gasteiger partial charge on any atom is 0.0691 e. The van der Waals surface area contributed by atoms with Gasteiger partial charge in [0.25, 0.3) is 0 Å². The second kappa shape index (κ2) is 8.14. The average Bonchev–Trinajstić information content (AvgIpc) is 3.36. The third-order valence-corrected chi connectivity index (χ3v) is 7.21. The van der Waals surface area contributed by atoms with E-state index >= 15 is 0 Å². The van der Waals surface area contributed by atoms with Crippen LogP contribution in [0.4, 0.5) is 0 Å². The van der Waals surface area contributed by atoms with Gasteiger partial charge in [-0.25, -0.2) is 0 Å². The number of pyridine rings is 1. The van der Waals surface area contributed by atoms with E-state index in [2.05, 4.69) is 34.8 Å². The Morgan fingerprint density at radius 3 is 2.89 bits per heavy atom. The fraction of sp³-hybridized carbons (Fsp3) is 0.522. The van der Waals surface area contributed by atoms with Gasteiger partial charge in [0, 0.05) is 46.3 Å². The van der Waals surface area contributed by atoms with Crippen molar-refractivity contribution in [2.24, 2.45) is 0 Å². The fourth-order valence-electron chi connectivity index (χ4n) is 4.88. The summed E-state index contributed by atoms with van der Waals surface area (Å²) in [5.74, 6) is 2.71. The molecule has 2 aliphatic rings. The van der Waals surface area contributed by atoms with Crippen molar-refractivity contribution in [3.05, 3.63) is 52.0 Å². The summed E-state index contributed by atoms with van der Waals surface area (Å²) < 4.78 is 6.33. The van der Waals surface area contributed by atoms with Crippen LogP contribution in [0.2, 0.25) is 0 Å². The third kappa shape index (κ3) is 4.11. The van der Waals surface area contributed by atoms with E-state index in [1.54, 1.807) is 11.3 Å². The van der Waals surface area contributed by atoms with E-state index in [-0.39, 0.29) is 11.0 Å². The molecule has 3 nitrogen and oxygen atoms in total. The molecule has 27 heavy (non-hydrogen) atoms. The predicted octanol–water partition coefficient (Wildman–Crippen LogP) is 4.67. The average molecular weight is 381 g/mol. The minimum Gasteiger partial charge on any atom is -0.375 e. The molecule has 0 unspecified atom stereocenters. The Kier molecular flexibility index (Phi) is 5.63. The summed E-state index contributed by atoms with van der Waals surface area (Å²) in [6.45, 7) is 2.72. The summed E-state index contributed by atoms with van der Waals surface area (Å²) in [7, 11) is 0. The first-order valence-corrected chi connectivity index (χ1v) is 10.9. The van der Waals surface area contributed by atoms with Crippen LogP contribution in [0.3, 0.4) is 0 Å². The minimum atomic E-state index is 0.0885. The Morgan fingerprint density at radius 2 is 2.15 bits per heavy atom. The Labute approximate surface area is 166 Å². The Balaban J connectivity index is 1.45. The molecule has 142 valence electrons. The van der Waals surface area contributed by atoms with Crippen LogP contribution in [0.25, 0.3) is 0 Å². The van der Waals surface area contributed by atoms with E-state index in [9.17, 15) is 0 Å². The van der Waals surface area contributed by atoms with E-state index in [0.717, 1.165) is 44.5 Å². The van der Waals surface area contributed by atoms with Gasteiger partial charge in [0.05, 0.1) is 5.60 Å². The van der Waals surface area contributed by atoms with Crippen LogP contribution in [0, 0.1) is 12.3 Å². The number of nitrogens with zero attached hydrogens (tertiary/aromatic N) is 1. The highest BCUT2D eigenvalue weighted by atomic mass is 32.1. The molecule has 2 aromatic rings. The standard InChI is InChI=1S/C23H28N2OS/c1-2-19-15-20(27-17-19)16-24-13-10-22(21-7-3-6-12-25-21)11-14-26-23(18-22)8-4-5-9-23/h1,3,6-7,12,15,17,24H,4-5,8-11,13-14,16,18H2/t22-/m1/s1. The lowest BCUT2D eigenvalue weighted by Crippen LogP contribution is -2.47. The Hall–Kier alpha value is -1.67. The smallest absolute Gasteiger partial charge is 0.0691 e. The summed E-state index contributed by atoms with van der Waals surface area (Å²) in [6.07, 6.45) is 15.7. The lowest BCUT2D eigenvalue weighted by Gasteiger charge is -2.46. The topological polar surface area (TPSA) is 34.2 Å². The van der Waals surface area contributed by atoms with Gasteiger partial charge in [0.15, 0.2) is 0 Å². The molecule has 1 aliphatic heterocycles. The molecule has 1 N–H and O–H groups in total. The normalized spacial score (nSPS) is 24.1. The first-order chi connectivity index (χ1) is 13.2. The second-order valence-electron chi connectivity index (χ2n) is 8.03. The van der Waals surface area contributed by atoms with E-state index in [1.807, 2.05) is 12.3 Å². The molecule has 0 aromatic carbocycles. The number of aromatic nitrogens is 1. The van der Waals surface area contributed by atoms with Crippen molar-refractivity contribution >= 4 is 11.3 Å².